The van der Waals surface area contributed by atoms with Crippen molar-refractivity contribution in [3.63, 3.8) is 0 Å². The van der Waals surface area contributed by atoms with Crippen LogP contribution in [0.4, 0.5) is 17.1 Å². The number of nitrogens with one attached hydrogen (secondary N) is 2. The molecule has 0 fully saturated rings. The highest BCUT2D eigenvalue weighted by Crippen LogP contribution is 2.43. The number of hydrogen-bond acceptors (Lipinski definition) is 6. The SMILES string of the molecule is COc1ccccc1NS(=O)(=O)c1ccc(NC(=O)CN2c3ccc(Cl)cc3-c3ccccc3S2(=O)=O)cc1. The van der Waals surface area contributed by atoms with Crippen LogP contribution in [0.25, 0.3) is 11.1 Å². The Labute approximate surface area is 231 Å². The molecule has 0 bridgehead atoms. The van der Waals surface area contributed by atoms with E-state index in [-0.39, 0.29) is 15.5 Å². The molecule has 1 heterocycles. The van der Waals surface area contributed by atoms with Crippen LogP contribution < -0.4 is 19.1 Å². The van der Waals surface area contributed by atoms with Crippen LogP contribution in [-0.2, 0) is 24.8 Å². The summed E-state index contributed by atoms with van der Waals surface area (Å²) in [5, 5.41) is 3.07. The van der Waals surface area contributed by atoms with Crippen molar-refractivity contribution >= 4 is 54.6 Å². The number of sulfonamides is 2. The second-order valence-corrected chi connectivity index (χ2v) is 12.5. The average Bonchev–Trinajstić information content (AvgIpc) is 2.92. The van der Waals surface area contributed by atoms with Gasteiger partial charge in [-0.2, -0.15) is 0 Å². The number of halogens is 1. The van der Waals surface area contributed by atoms with E-state index in [9.17, 15) is 21.6 Å². The first-order valence-corrected chi connectivity index (χ1v) is 14.9. The predicted molar refractivity (Wildman–Crippen MR) is 150 cm³/mol. The lowest BCUT2D eigenvalue weighted by atomic mass is 10.0. The van der Waals surface area contributed by atoms with Crippen molar-refractivity contribution < 1.29 is 26.4 Å². The summed E-state index contributed by atoms with van der Waals surface area (Å²) in [6.07, 6.45) is 0. The van der Waals surface area contributed by atoms with E-state index in [1.54, 1.807) is 60.7 Å². The first-order chi connectivity index (χ1) is 18.6. The Kier molecular flexibility index (Phi) is 6.98. The highest BCUT2D eigenvalue weighted by atomic mass is 35.5. The van der Waals surface area contributed by atoms with Gasteiger partial charge in [0.15, 0.2) is 0 Å². The standard InChI is InChI=1S/C27H22ClN3O6S2/c1-37-25-8-4-3-7-23(25)30-38(33,34)20-13-11-19(12-14-20)29-27(32)17-31-24-15-10-18(28)16-22(24)21-6-2-5-9-26(21)39(31,35)36/h2-16,30H,17H2,1H3,(H,29,32). The van der Waals surface area contributed by atoms with E-state index in [1.807, 2.05) is 0 Å². The molecule has 9 nitrogen and oxygen atoms in total. The summed E-state index contributed by atoms with van der Waals surface area (Å²) in [5.74, 6) is -0.245. The number of carbonyl (C=O) groups is 1. The van der Waals surface area contributed by atoms with Crippen LogP contribution in [0.3, 0.4) is 0 Å². The van der Waals surface area contributed by atoms with Gasteiger partial charge in [0.1, 0.15) is 12.3 Å². The fraction of sp³-hybridized carbons (Fsp3) is 0.0741. The number of hydrogen-bond donors (Lipinski definition) is 2. The van der Waals surface area contributed by atoms with Gasteiger partial charge >= 0.3 is 0 Å². The van der Waals surface area contributed by atoms with Crippen LogP contribution in [0.1, 0.15) is 0 Å². The molecular weight excluding hydrogens is 562 g/mol. The van der Waals surface area contributed by atoms with Crippen molar-refractivity contribution in [2.24, 2.45) is 0 Å². The van der Waals surface area contributed by atoms with Crippen LogP contribution in [-0.4, -0.2) is 36.4 Å². The monoisotopic (exact) mass is 583 g/mol. The molecule has 200 valence electrons. The molecule has 0 spiro atoms. The van der Waals surface area contributed by atoms with E-state index >= 15 is 0 Å². The molecule has 0 saturated carbocycles. The Balaban J connectivity index is 1.35. The van der Waals surface area contributed by atoms with Crippen molar-refractivity contribution in [3.05, 3.63) is 96.0 Å². The molecule has 0 unspecified atom stereocenters. The highest BCUT2D eigenvalue weighted by Gasteiger charge is 2.36. The molecule has 39 heavy (non-hydrogen) atoms. The number of rotatable bonds is 7. The smallest absolute Gasteiger partial charge is 0.265 e. The van der Waals surface area contributed by atoms with Gasteiger partial charge < -0.3 is 10.1 Å². The van der Waals surface area contributed by atoms with E-state index in [0.29, 0.717) is 33.3 Å². The molecule has 12 heteroatoms. The minimum Gasteiger partial charge on any atom is -0.495 e. The van der Waals surface area contributed by atoms with Crippen LogP contribution in [0.2, 0.25) is 5.02 Å². The summed E-state index contributed by atoms with van der Waals surface area (Å²) >= 11 is 6.18. The largest absolute Gasteiger partial charge is 0.495 e. The van der Waals surface area contributed by atoms with Crippen LogP contribution in [0.5, 0.6) is 5.75 Å². The maximum absolute atomic E-state index is 13.4. The molecule has 0 aliphatic carbocycles. The number of ether oxygens (including phenoxy) is 1. The number of nitrogens with zero attached hydrogens (tertiary/aromatic N) is 1. The van der Waals surface area contributed by atoms with Crippen molar-refractivity contribution in [1.29, 1.82) is 0 Å². The van der Waals surface area contributed by atoms with E-state index < -0.39 is 32.5 Å². The molecule has 0 atom stereocenters. The predicted octanol–water partition coefficient (Wildman–Crippen LogP) is 4.96. The normalized spacial score (nSPS) is 13.6. The van der Waals surface area contributed by atoms with Gasteiger partial charge in [0.2, 0.25) is 5.91 Å². The third kappa shape index (κ3) is 5.16. The van der Waals surface area contributed by atoms with E-state index in [2.05, 4.69) is 10.0 Å². The lowest BCUT2D eigenvalue weighted by Crippen LogP contribution is -2.40. The van der Waals surface area contributed by atoms with Gasteiger partial charge in [-0.25, -0.2) is 16.8 Å². The Morgan fingerprint density at radius 3 is 2.36 bits per heavy atom. The quantitative estimate of drug-likeness (QED) is 0.317. The van der Waals surface area contributed by atoms with Gasteiger partial charge in [-0.3, -0.25) is 13.8 Å². The molecule has 2 N–H and O–H groups in total. The number of fused-ring (bicyclic) bond motifs is 3. The van der Waals surface area contributed by atoms with Crippen molar-refractivity contribution in [1.82, 2.24) is 0 Å². The number of methoxy groups -OCH3 is 1. The van der Waals surface area contributed by atoms with Crippen LogP contribution >= 0.6 is 11.6 Å². The second kappa shape index (κ2) is 10.3. The third-order valence-electron chi connectivity index (χ3n) is 6.06. The summed E-state index contributed by atoms with van der Waals surface area (Å²) in [7, 11) is -6.53. The molecule has 1 amide bonds. The number of carbonyl (C=O) groups excluding carboxylic acids is 1. The third-order valence-corrected chi connectivity index (χ3v) is 9.49. The second-order valence-electron chi connectivity index (χ2n) is 8.55. The lowest BCUT2D eigenvalue weighted by Gasteiger charge is -2.31. The number of amides is 1. The topological polar surface area (TPSA) is 122 Å². The first kappa shape index (κ1) is 26.5. The minimum atomic E-state index is -4.03. The Morgan fingerprint density at radius 1 is 0.923 bits per heavy atom. The molecule has 1 aliphatic heterocycles. The average molecular weight is 584 g/mol. The number of anilines is 3. The lowest BCUT2D eigenvalue weighted by molar-refractivity contribution is -0.114. The molecular formula is C27H22ClN3O6S2. The highest BCUT2D eigenvalue weighted by molar-refractivity contribution is 7.93. The fourth-order valence-corrected chi connectivity index (χ4v) is 7.15. The minimum absolute atomic E-state index is 0.0348. The summed E-state index contributed by atoms with van der Waals surface area (Å²) in [5.41, 5.74) is 2.01. The Hall–Kier alpha value is -4.06. The summed E-state index contributed by atoms with van der Waals surface area (Å²) in [6, 6.07) is 23.4. The van der Waals surface area contributed by atoms with E-state index in [4.69, 9.17) is 16.3 Å². The molecule has 4 aromatic carbocycles. The Morgan fingerprint density at radius 2 is 1.62 bits per heavy atom. The molecule has 4 aromatic rings. The van der Waals surface area contributed by atoms with Gasteiger partial charge in [-0.1, -0.05) is 41.9 Å². The molecule has 0 aromatic heterocycles. The fourth-order valence-electron chi connectivity index (χ4n) is 4.25. The maximum atomic E-state index is 13.4. The van der Waals surface area contributed by atoms with Crippen molar-refractivity contribution in [3.8, 4) is 16.9 Å². The van der Waals surface area contributed by atoms with Gasteiger partial charge in [0.25, 0.3) is 20.0 Å². The zero-order valence-electron chi connectivity index (χ0n) is 20.5. The van der Waals surface area contributed by atoms with Gasteiger partial charge in [0, 0.05) is 21.8 Å². The maximum Gasteiger partial charge on any atom is 0.265 e. The van der Waals surface area contributed by atoms with Crippen molar-refractivity contribution in [2.45, 2.75) is 9.79 Å². The molecule has 5 rings (SSSR count). The number of benzene rings is 4. The molecule has 1 aliphatic rings. The van der Waals surface area contributed by atoms with E-state index in [0.717, 1.165) is 4.31 Å². The first-order valence-electron chi connectivity index (χ1n) is 11.6. The molecule has 0 saturated heterocycles. The van der Waals surface area contributed by atoms with E-state index in [1.165, 1.54) is 37.4 Å². The summed E-state index contributed by atoms with van der Waals surface area (Å²) in [4.78, 5) is 13.0. The zero-order valence-corrected chi connectivity index (χ0v) is 22.8. The van der Waals surface area contributed by atoms with Crippen LogP contribution in [0.15, 0.2) is 101 Å². The summed E-state index contributed by atoms with van der Waals surface area (Å²) in [6.45, 7) is -0.499. The number of para-hydroxylation sites is 2. The van der Waals surface area contributed by atoms with Gasteiger partial charge in [0.05, 0.1) is 28.3 Å². The van der Waals surface area contributed by atoms with Crippen molar-refractivity contribution in [2.75, 3.05) is 28.0 Å². The van der Waals surface area contributed by atoms with Gasteiger partial charge in [-0.15, -0.1) is 0 Å². The molecule has 0 radical (unpaired) electrons. The summed E-state index contributed by atoms with van der Waals surface area (Å²) < 4.78 is 61.2. The van der Waals surface area contributed by atoms with Crippen LogP contribution in [0, 0.1) is 0 Å². The van der Waals surface area contributed by atoms with Gasteiger partial charge in [-0.05, 0) is 60.7 Å². The zero-order chi connectivity index (χ0) is 27.8. The Bertz CT molecular complexity index is 1790.